The van der Waals surface area contributed by atoms with Crippen LogP contribution >= 0.6 is 11.8 Å². The Balaban J connectivity index is 2.17. The molecular weight excluding hydrogens is 198 g/mol. The zero-order chi connectivity index (χ0) is 9.76. The monoisotopic (exact) mass is 209 g/mol. The van der Waals surface area contributed by atoms with Crippen molar-refractivity contribution in [3.8, 4) is 0 Å². The van der Waals surface area contributed by atoms with Crippen LogP contribution in [0.3, 0.4) is 0 Å². The van der Waals surface area contributed by atoms with Gasteiger partial charge in [-0.05, 0) is 12.8 Å². The Morgan fingerprint density at radius 2 is 2.21 bits per heavy atom. The highest BCUT2D eigenvalue weighted by Gasteiger charge is 2.43. The lowest BCUT2D eigenvalue weighted by atomic mass is 10.2. The van der Waals surface area contributed by atoms with E-state index in [4.69, 9.17) is 5.73 Å². The first-order valence-electron chi connectivity index (χ1n) is 4.68. The molecule has 2 aliphatic rings. The second-order valence-corrected chi connectivity index (χ2v) is 4.97. The minimum absolute atomic E-state index is 0.00623. The van der Waals surface area contributed by atoms with Gasteiger partial charge in [0.1, 0.15) is 5.82 Å². The van der Waals surface area contributed by atoms with Crippen molar-refractivity contribution in [3.63, 3.8) is 0 Å². The molecule has 5 heteroatoms. The van der Waals surface area contributed by atoms with Gasteiger partial charge in [0, 0.05) is 17.1 Å². The smallest absolute Gasteiger partial charge is 0.255 e. The second kappa shape index (κ2) is 2.61. The summed E-state index contributed by atoms with van der Waals surface area (Å²) >= 11 is 1.73. The van der Waals surface area contributed by atoms with Gasteiger partial charge in [0.15, 0.2) is 0 Å². The molecule has 0 aromatic carbocycles. The molecule has 0 unspecified atom stereocenters. The standard InChI is InChI=1S/C9H11N3OS/c10-9(1-2-9)8-11-6-4-14-3-5(6)7(13)12-8/h1-4,10H2,(H,11,12,13). The second-order valence-electron chi connectivity index (χ2n) is 3.99. The number of rotatable bonds is 1. The van der Waals surface area contributed by atoms with E-state index in [9.17, 15) is 4.79 Å². The van der Waals surface area contributed by atoms with Crippen LogP contribution in [0, 0.1) is 0 Å². The highest BCUT2D eigenvalue weighted by molar-refractivity contribution is 7.98. The van der Waals surface area contributed by atoms with Crippen LogP contribution in [0.25, 0.3) is 0 Å². The molecule has 14 heavy (non-hydrogen) atoms. The molecule has 3 rings (SSSR count). The number of thioether (sulfide) groups is 1. The van der Waals surface area contributed by atoms with Gasteiger partial charge in [-0.25, -0.2) is 4.98 Å². The average molecular weight is 209 g/mol. The van der Waals surface area contributed by atoms with Crippen molar-refractivity contribution >= 4 is 11.8 Å². The predicted octanol–water partition coefficient (Wildman–Crippen LogP) is 0.465. The molecule has 4 nitrogen and oxygen atoms in total. The first kappa shape index (κ1) is 8.49. The van der Waals surface area contributed by atoms with E-state index in [1.54, 1.807) is 11.8 Å². The van der Waals surface area contributed by atoms with Crippen LogP contribution < -0.4 is 11.3 Å². The van der Waals surface area contributed by atoms with Crippen LogP contribution in [0.5, 0.6) is 0 Å². The van der Waals surface area contributed by atoms with Gasteiger partial charge in [-0.3, -0.25) is 4.79 Å². The molecule has 1 aromatic heterocycles. The van der Waals surface area contributed by atoms with Crippen molar-refractivity contribution in [1.29, 1.82) is 0 Å². The van der Waals surface area contributed by atoms with Gasteiger partial charge in [0.2, 0.25) is 0 Å². The van der Waals surface area contributed by atoms with Crippen LogP contribution in [0.15, 0.2) is 4.79 Å². The summed E-state index contributed by atoms with van der Waals surface area (Å²) in [5, 5.41) is 0. The van der Waals surface area contributed by atoms with Gasteiger partial charge in [-0.2, -0.15) is 11.8 Å². The summed E-state index contributed by atoms with van der Waals surface area (Å²) in [6.45, 7) is 0. The lowest BCUT2D eigenvalue weighted by Gasteiger charge is -2.08. The largest absolute Gasteiger partial charge is 0.319 e. The Bertz CT molecular complexity index is 450. The Morgan fingerprint density at radius 1 is 1.43 bits per heavy atom. The minimum atomic E-state index is -0.332. The van der Waals surface area contributed by atoms with Crippen molar-refractivity contribution in [2.75, 3.05) is 0 Å². The summed E-state index contributed by atoms with van der Waals surface area (Å²) in [7, 11) is 0. The molecule has 1 saturated carbocycles. The molecule has 0 radical (unpaired) electrons. The molecule has 1 aromatic rings. The van der Waals surface area contributed by atoms with Crippen LogP contribution in [0.4, 0.5) is 0 Å². The van der Waals surface area contributed by atoms with Crippen molar-refractivity contribution in [2.24, 2.45) is 5.73 Å². The fraction of sp³-hybridized carbons (Fsp3) is 0.556. The van der Waals surface area contributed by atoms with Gasteiger partial charge in [0.25, 0.3) is 5.56 Å². The van der Waals surface area contributed by atoms with Crippen LogP contribution in [-0.4, -0.2) is 9.97 Å². The molecule has 74 valence electrons. The van der Waals surface area contributed by atoms with Gasteiger partial charge in [-0.1, -0.05) is 0 Å². The molecule has 2 heterocycles. The maximum absolute atomic E-state index is 11.6. The molecule has 0 bridgehead atoms. The zero-order valence-electron chi connectivity index (χ0n) is 7.67. The minimum Gasteiger partial charge on any atom is -0.319 e. The van der Waals surface area contributed by atoms with E-state index < -0.39 is 0 Å². The molecule has 0 saturated heterocycles. The third-order valence-corrected chi connectivity index (χ3v) is 3.82. The molecule has 0 atom stereocenters. The van der Waals surface area contributed by atoms with E-state index in [-0.39, 0.29) is 11.1 Å². The van der Waals surface area contributed by atoms with Crippen LogP contribution in [0.1, 0.15) is 29.9 Å². The summed E-state index contributed by atoms with van der Waals surface area (Å²) < 4.78 is 0. The number of hydrogen-bond acceptors (Lipinski definition) is 4. The number of nitrogens with zero attached hydrogens (tertiary/aromatic N) is 1. The van der Waals surface area contributed by atoms with Crippen molar-refractivity contribution < 1.29 is 0 Å². The maximum atomic E-state index is 11.6. The van der Waals surface area contributed by atoms with Gasteiger partial charge >= 0.3 is 0 Å². The highest BCUT2D eigenvalue weighted by atomic mass is 32.2. The summed E-state index contributed by atoms with van der Waals surface area (Å²) in [5.41, 5.74) is 7.44. The normalized spacial score (nSPS) is 22.1. The van der Waals surface area contributed by atoms with Gasteiger partial charge in [0.05, 0.1) is 11.2 Å². The molecule has 1 aliphatic carbocycles. The number of aromatic amines is 1. The number of nitrogens with one attached hydrogen (secondary N) is 1. The molecule has 1 aliphatic heterocycles. The quantitative estimate of drug-likeness (QED) is 0.705. The molecular formula is C9H11N3OS. The molecule has 0 amide bonds. The Kier molecular flexibility index (Phi) is 1.58. The fourth-order valence-electron chi connectivity index (χ4n) is 1.67. The number of nitrogens with two attached hydrogens (primary N) is 1. The summed E-state index contributed by atoms with van der Waals surface area (Å²) in [5.74, 6) is 2.32. The van der Waals surface area contributed by atoms with Gasteiger partial charge in [-0.15, -0.1) is 0 Å². The topological polar surface area (TPSA) is 71.8 Å². The average Bonchev–Trinajstić information content (AvgIpc) is 2.75. The lowest BCUT2D eigenvalue weighted by molar-refractivity contribution is 0.660. The lowest BCUT2D eigenvalue weighted by Crippen LogP contribution is -2.27. The highest BCUT2D eigenvalue weighted by Crippen LogP contribution is 2.41. The zero-order valence-corrected chi connectivity index (χ0v) is 8.49. The van der Waals surface area contributed by atoms with Crippen molar-refractivity contribution in [2.45, 2.75) is 29.9 Å². The number of H-pyrrole nitrogens is 1. The van der Waals surface area contributed by atoms with Crippen LogP contribution in [-0.2, 0) is 17.0 Å². The van der Waals surface area contributed by atoms with E-state index in [0.29, 0.717) is 5.82 Å². The molecule has 3 N–H and O–H groups in total. The third kappa shape index (κ3) is 1.12. The van der Waals surface area contributed by atoms with Gasteiger partial charge < -0.3 is 10.7 Å². The Hall–Kier alpha value is -0.810. The fourth-order valence-corrected chi connectivity index (χ4v) is 2.71. The summed E-state index contributed by atoms with van der Waals surface area (Å²) in [4.78, 5) is 18.9. The first-order chi connectivity index (χ1) is 6.69. The summed E-state index contributed by atoms with van der Waals surface area (Å²) in [6.07, 6.45) is 1.86. The first-order valence-corrected chi connectivity index (χ1v) is 5.84. The number of fused-ring (bicyclic) bond motifs is 1. The Morgan fingerprint density at radius 3 is 2.93 bits per heavy atom. The number of aromatic nitrogens is 2. The van der Waals surface area contributed by atoms with Crippen LogP contribution in [0.2, 0.25) is 0 Å². The van der Waals surface area contributed by atoms with E-state index >= 15 is 0 Å². The van der Waals surface area contributed by atoms with E-state index in [0.717, 1.165) is 35.6 Å². The van der Waals surface area contributed by atoms with Crippen molar-refractivity contribution in [3.05, 3.63) is 27.4 Å². The predicted molar refractivity (Wildman–Crippen MR) is 55.0 cm³/mol. The van der Waals surface area contributed by atoms with E-state index in [1.807, 2.05) is 0 Å². The number of hydrogen-bond donors (Lipinski definition) is 2. The SMILES string of the molecule is NC1(c2nc3c(c(=O)[nH]2)CSC3)CC1. The maximum Gasteiger partial charge on any atom is 0.255 e. The van der Waals surface area contributed by atoms with E-state index in [2.05, 4.69) is 9.97 Å². The molecule has 1 fully saturated rings. The third-order valence-electron chi connectivity index (χ3n) is 2.85. The van der Waals surface area contributed by atoms with E-state index in [1.165, 1.54) is 0 Å². The molecule has 0 spiro atoms. The van der Waals surface area contributed by atoms with Crippen molar-refractivity contribution in [1.82, 2.24) is 9.97 Å². The Labute approximate surface area is 85.3 Å². The summed E-state index contributed by atoms with van der Waals surface area (Å²) in [6, 6.07) is 0.